The molecule has 0 aliphatic heterocycles. The van der Waals surface area contributed by atoms with Crippen molar-refractivity contribution in [2.24, 2.45) is 0 Å². The lowest BCUT2D eigenvalue weighted by Crippen LogP contribution is -2.47. The lowest BCUT2D eigenvalue weighted by atomic mass is 10.1. The molecule has 0 aromatic heterocycles. The van der Waals surface area contributed by atoms with E-state index in [1.54, 1.807) is 12.1 Å². The molecule has 32 heavy (non-hydrogen) atoms. The monoisotopic (exact) mass is 497 g/mol. The number of aryl methyl sites for hydroxylation is 1. The summed E-state index contributed by atoms with van der Waals surface area (Å²) in [5.74, 6) is -0.990. The van der Waals surface area contributed by atoms with Gasteiger partial charge in [-0.15, -0.1) is 0 Å². The van der Waals surface area contributed by atoms with Crippen LogP contribution in [0.4, 0.5) is 0 Å². The fraction of sp³-hybridized carbons (Fsp3) is 0.478. The van der Waals surface area contributed by atoms with E-state index in [4.69, 9.17) is 13.5 Å². The highest BCUT2D eigenvalue weighted by Crippen LogP contribution is 2.56. The largest absolute Gasteiger partial charge is 0.408 e. The lowest BCUT2D eigenvalue weighted by molar-refractivity contribution is 0.152. The molecule has 9 heteroatoms. The SMILES string of the molecule is COP(=O)(OC)[C@H](NS(=O)c1ccc(C)cc1)[C@@H](O[Si](C)(C)C(C)(C)C)c1ccccc1. The van der Waals surface area contributed by atoms with E-state index in [1.807, 2.05) is 49.4 Å². The van der Waals surface area contributed by atoms with Crippen LogP contribution in [0.5, 0.6) is 0 Å². The first-order valence-electron chi connectivity index (χ1n) is 10.5. The minimum atomic E-state index is -3.74. The third-order valence-corrected chi connectivity index (χ3v) is 13.9. The van der Waals surface area contributed by atoms with Gasteiger partial charge in [-0.3, -0.25) is 4.57 Å². The zero-order chi connectivity index (χ0) is 24.2. The second-order valence-electron chi connectivity index (χ2n) is 9.26. The summed E-state index contributed by atoms with van der Waals surface area (Å²) in [6.45, 7) is 12.6. The number of nitrogens with one attached hydrogen (secondary N) is 1. The Morgan fingerprint density at radius 1 is 0.969 bits per heavy atom. The third-order valence-electron chi connectivity index (χ3n) is 5.96. The summed E-state index contributed by atoms with van der Waals surface area (Å²) in [5, 5.41) is -0.0924. The second-order valence-corrected chi connectivity index (χ2v) is 17.6. The topological polar surface area (TPSA) is 73.9 Å². The molecule has 2 aromatic carbocycles. The van der Waals surface area contributed by atoms with Gasteiger partial charge in [-0.25, -0.2) is 8.93 Å². The van der Waals surface area contributed by atoms with Gasteiger partial charge >= 0.3 is 7.60 Å². The molecule has 0 bridgehead atoms. The molecule has 0 saturated heterocycles. The Morgan fingerprint density at radius 2 is 1.50 bits per heavy atom. The number of hydrogen-bond acceptors (Lipinski definition) is 5. The highest BCUT2D eigenvalue weighted by molar-refractivity contribution is 7.83. The molecule has 0 amide bonds. The van der Waals surface area contributed by atoms with Crippen LogP contribution in [-0.2, 0) is 29.0 Å². The van der Waals surface area contributed by atoms with Crippen molar-refractivity contribution in [2.45, 2.75) is 62.6 Å². The number of benzene rings is 2. The molecule has 0 fully saturated rings. The molecule has 0 aliphatic carbocycles. The van der Waals surface area contributed by atoms with E-state index in [0.717, 1.165) is 11.1 Å². The van der Waals surface area contributed by atoms with Crippen molar-refractivity contribution in [3.8, 4) is 0 Å². The van der Waals surface area contributed by atoms with Crippen molar-refractivity contribution < 1.29 is 22.2 Å². The quantitative estimate of drug-likeness (QED) is 0.313. The Bertz CT molecular complexity index is 939. The molecule has 6 nitrogen and oxygen atoms in total. The summed E-state index contributed by atoms with van der Waals surface area (Å²) in [7, 11) is -5.06. The molecular formula is C23H36NO5PSSi. The molecule has 0 radical (unpaired) electrons. The first kappa shape index (κ1) is 27.1. The summed E-state index contributed by atoms with van der Waals surface area (Å²) in [4.78, 5) is 0.568. The van der Waals surface area contributed by atoms with E-state index in [0.29, 0.717) is 4.90 Å². The third kappa shape index (κ3) is 6.47. The van der Waals surface area contributed by atoms with Gasteiger partial charge in [0.15, 0.2) is 14.1 Å². The Labute approximate surface area is 196 Å². The van der Waals surface area contributed by atoms with Crippen LogP contribution in [-0.4, -0.2) is 32.5 Å². The van der Waals surface area contributed by atoms with Crippen LogP contribution >= 0.6 is 7.60 Å². The van der Waals surface area contributed by atoms with E-state index >= 15 is 0 Å². The highest BCUT2D eigenvalue weighted by Gasteiger charge is 2.47. The summed E-state index contributed by atoms with van der Waals surface area (Å²) in [6.07, 6.45) is -0.697. The molecule has 0 saturated carbocycles. The fourth-order valence-electron chi connectivity index (χ4n) is 2.89. The van der Waals surface area contributed by atoms with Crippen LogP contribution < -0.4 is 4.72 Å². The molecule has 178 valence electrons. The average molecular weight is 498 g/mol. The van der Waals surface area contributed by atoms with Crippen molar-refractivity contribution in [3.63, 3.8) is 0 Å². The van der Waals surface area contributed by atoms with Gasteiger partial charge in [0.2, 0.25) is 0 Å². The summed E-state index contributed by atoms with van der Waals surface area (Å²) >= 11 is 0. The molecule has 0 aliphatic rings. The maximum Gasteiger partial charge on any atom is 0.350 e. The Balaban J connectivity index is 2.57. The molecule has 1 N–H and O–H groups in total. The zero-order valence-corrected chi connectivity index (χ0v) is 23.0. The standard InChI is InChI=1S/C23H36NO5PSSi/c1-18-14-16-20(17-15-18)31(26)24-22(30(25,27-5)28-6)21(19-12-10-9-11-13-19)29-32(7,8)23(2,3)4/h9-17,21-22,24H,1-8H3/t21-,22-,31?/m0/s1. The number of hydrogen-bond donors (Lipinski definition) is 1. The van der Waals surface area contributed by atoms with Gasteiger partial charge in [0.05, 0.1) is 11.0 Å². The molecule has 0 spiro atoms. The van der Waals surface area contributed by atoms with Crippen LogP contribution in [0.25, 0.3) is 0 Å². The van der Waals surface area contributed by atoms with Crippen molar-refractivity contribution in [1.29, 1.82) is 0 Å². The van der Waals surface area contributed by atoms with Crippen LogP contribution in [0, 0.1) is 6.92 Å². The Morgan fingerprint density at radius 3 is 1.97 bits per heavy atom. The van der Waals surface area contributed by atoms with Gasteiger partial charge in [-0.05, 0) is 42.8 Å². The molecule has 2 aromatic rings. The van der Waals surface area contributed by atoms with Gasteiger partial charge < -0.3 is 13.5 Å². The maximum atomic E-state index is 13.7. The van der Waals surface area contributed by atoms with E-state index in [-0.39, 0.29) is 5.04 Å². The molecule has 0 heterocycles. The lowest BCUT2D eigenvalue weighted by Gasteiger charge is -2.42. The van der Waals surface area contributed by atoms with E-state index < -0.39 is 38.8 Å². The minimum Gasteiger partial charge on any atom is -0.408 e. The summed E-state index contributed by atoms with van der Waals surface area (Å²) < 4.78 is 47.5. The van der Waals surface area contributed by atoms with Crippen LogP contribution in [0.2, 0.25) is 18.1 Å². The Hall–Kier alpha value is -1.12. The zero-order valence-electron chi connectivity index (χ0n) is 20.2. The van der Waals surface area contributed by atoms with Gasteiger partial charge in [-0.1, -0.05) is 68.8 Å². The van der Waals surface area contributed by atoms with Crippen molar-refractivity contribution in [1.82, 2.24) is 4.72 Å². The maximum absolute atomic E-state index is 13.7. The predicted molar refractivity (Wildman–Crippen MR) is 134 cm³/mol. The van der Waals surface area contributed by atoms with Gasteiger partial charge in [0.1, 0.15) is 11.0 Å². The minimum absolute atomic E-state index is 0.0924. The van der Waals surface area contributed by atoms with Gasteiger partial charge in [0.25, 0.3) is 0 Å². The van der Waals surface area contributed by atoms with Gasteiger partial charge in [0, 0.05) is 14.2 Å². The Kier molecular flexibility index (Phi) is 9.21. The first-order valence-corrected chi connectivity index (χ1v) is 16.2. The van der Waals surface area contributed by atoms with E-state index in [2.05, 4.69) is 38.6 Å². The molecular weight excluding hydrogens is 461 g/mol. The molecule has 1 unspecified atom stereocenters. The second kappa shape index (κ2) is 10.9. The highest BCUT2D eigenvalue weighted by atomic mass is 32.2. The van der Waals surface area contributed by atoms with Crippen LogP contribution in [0.1, 0.15) is 38.0 Å². The normalized spacial score (nSPS) is 15.9. The first-order chi connectivity index (χ1) is 14.8. The van der Waals surface area contributed by atoms with Crippen molar-refractivity contribution in [2.75, 3.05) is 14.2 Å². The number of rotatable bonds is 10. The predicted octanol–water partition coefficient (Wildman–Crippen LogP) is 6.18. The fourth-order valence-corrected chi connectivity index (χ4v) is 7.09. The van der Waals surface area contributed by atoms with E-state index in [1.165, 1.54) is 14.2 Å². The van der Waals surface area contributed by atoms with Crippen LogP contribution in [0.3, 0.4) is 0 Å². The summed E-state index contributed by atoms with van der Waals surface area (Å²) in [5.41, 5.74) is 1.87. The van der Waals surface area contributed by atoms with Crippen molar-refractivity contribution >= 4 is 26.9 Å². The van der Waals surface area contributed by atoms with Crippen LogP contribution in [0.15, 0.2) is 59.5 Å². The molecule has 2 rings (SSSR count). The average Bonchev–Trinajstić information content (AvgIpc) is 2.75. The molecule has 3 atom stereocenters. The smallest absolute Gasteiger partial charge is 0.350 e. The van der Waals surface area contributed by atoms with E-state index in [9.17, 15) is 8.77 Å². The van der Waals surface area contributed by atoms with Gasteiger partial charge in [-0.2, -0.15) is 0 Å². The van der Waals surface area contributed by atoms with Crippen molar-refractivity contribution in [3.05, 3.63) is 65.7 Å². The summed E-state index contributed by atoms with van der Waals surface area (Å²) in [6, 6.07) is 16.9.